The fourth-order valence-electron chi connectivity index (χ4n) is 3.67. The van der Waals surface area contributed by atoms with Crippen LogP contribution in [-0.2, 0) is 10.3 Å². The molecule has 1 unspecified atom stereocenters. The third kappa shape index (κ3) is 4.19. The van der Waals surface area contributed by atoms with E-state index in [1.165, 1.54) is 21.3 Å². The van der Waals surface area contributed by atoms with Crippen LogP contribution < -0.4 is 14.2 Å². The van der Waals surface area contributed by atoms with E-state index in [0.29, 0.717) is 27.8 Å². The van der Waals surface area contributed by atoms with Gasteiger partial charge in [-0.1, -0.05) is 11.6 Å². The molecule has 0 spiro atoms. The maximum atomic E-state index is 12.9. The monoisotopic (exact) mass is 451 g/mol. The smallest absolute Gasteiger partial charge is 0.338 e. The van der Waals surface area contributed by atoms with Crippen molar-refractivity contribution >= 4 is 29.3 Å². The molecule has 30 heavy (non-hydrogen) atoms. The van der Waals surface area contributed by atoms with Crippen LogP contribution in [0.25, 0.3) is 0 Å². The van der Waals surface area contributed by atoms with Crippen molar-refractivity contribution in [3.8, 4) is 17.2 Å². The first-order valence-corrected chi connectivity index (χ1v) is 10.8. The SMILES string of the molecule is COc1cc(C(=O)OCC2(N(C)C)CCSc3ccc(Cl)cc32)cc(OC)c1OC. The Morgan fingerprint density at radius 1 is 1.10 bits per heavy atom. The lowest BCUT2D eigenvalue weighted by Gasteiger charge is -2.43. The second-order valence-corrected chi connectivity index (χ2v) is 8.73. The van der Waals surface area contributed by atoms with Crippen LogP contribution in [0.3, 0.4) is 0 Å². The van der Waals surface area contributed by atoms with Crippen LogP contribution in [-0.4, -0.2) is 58.7 Å². The molecule has 0 radical (unpaired) electrons. The molecule has 0 fully saturated rings. The molecule has 0 amide bonds. The van der Waals surface area contributed by atoms with Crippen LogP contribution in [0.2, 0.25) is 5.02 Å². The van der Waals surface area contributed by atoms with E-state index in [2.05, 4.69) is 4.90 Å². The number of ether oxygens (including phenoxy) is 4. The third-order valence-electron chi connectivity index (χ3n) is 5.41. The van der Waals surface area contributed by atoms with Crippen LogP contribution in [0, 0.1) is 0 Å². The number of fused-ring (bicyclic) bond motifs is 1. The molecule has 162 valence electrons. The van der Waals surface area contributed by atoms with E-state index in [0.717, 1.165) is 22.6 Å². The van der Waals surface area contributed by atoms with E-state index >= 15 is 0 Å². The van der Waals surface area contributed by atoms with Gasteiger partial charge in [-0.15, -0.1) is 11.8 Å². The van der Waals surface area contributed by atoms with Crippen molar-refractivity contribution in [2.75, 3.05) is 47.8 Å². The number of carbonyl (C=O) groups excluding carboxylic acids is 1. The lowest BCUT2D eigenvalue weighted by Crippen LogP contribution is -2.48. The highest BCUT2D eigenvalue weighted by Gasteiger charge is 2.40. The van der Waals surface area contributed by atoms with Crippen molar-refractivity contribution in [2.45, 2.75) is 16.9 Å². The van der Waals surface area contributed by atoms with Gasteiger partial charge < -0.3 is 18.9 Å². The molecule has 1 aliphatic rings. The summed E-state index contributed by atoms with van der Waals surface area (Å²) in [5.41, 5.74) is 0.950. The van der Waals surface area contributed by atoms with Crippen LogP contribution in [0.1, 0.15) is 22.3 Å². The predicted octanol–water partition coefficient (Wildman–Crippen LogP) is 4.48. The summed E-state index contributed by atoms with van der Waals surface area (Å²) >= 11 is 8.08. The Hall–Kier alpha value is -2.09. The molecule has 8 heteroatoms. The molecular weight excluding hydrogens is 426 g/mol. The Balaban J connectivity index is 1.91. The Morgan fingerprint density at radius 3 is 2.33 bits per heavy atom. The maximum Gasteiger partial charge on any atom is 0.338 e. The quantitative estimate of drug-likeness (QED) is 0.575. The van der Waals surface area contributed by atoms with Gasteiger partial charge in [0.1, 0.15) is 6.61 Å². The highest BCUT2D eigenvalue weighted by molar-refractivity contribution is 7.99. The Kier molecular flexibility index (Phi) is 7.06. The number of halogens is 1. The average Bonchev–Trinajstić information content (AvgIpc) is 2.76. The molecule has 1 atom stereocenters. The minimum Gasteiger partial charge on any atom is -0.493 e. The third-order valence-corrected chi connectivity index (χ3v) is 6.73. The molecule has 1 heterocycles. The minimum absolute atomic E-state index is 0.198. The summed E-state index contributed by atoms with van der Waals surface area (Å²) in [6.07, 6.45) is 0.834. The zero-order chi connectivity index (χ0) is 21.9. The maximum absolute atomic E-state index is 12.9. The number of benzene rings is 2. The van der Waals surface area contributed by atoms with Gasteiger partial charge in [0.05, 0.1) is 32.4 Å². The molecule has 0 saturated carbocycles. The zero-order valence-electron chi connectivity index (χ0n) is 17.8. The standard InChI is InChI=1S/C22H26ClNO5S/c1-24(2)22(8-9-30-19-7-6-15(23)12-16(19)22)13-29-21(25)14-10-17(26-3)20(28-5)18(11-14)27-4/h6-7,10-12H,8-9,13H2,1-5H3. The van der Waals surface area contributed by atoms with Crippen LogP contribution in [0.15, 0.2) is 35.2 Å². The van der Waals surface area contributed by atoms with Crippen molar-refractivity contribution in [3.63, 3.8) is 0 Å². The topological polar surface area (TPSA) is 57.2 Å². The summed E-state index contributed by atoms with van der Waals surface area (Å²) in [7, 11) is 8.52. The van der Waals surface area contributed by atoms with Crippen molar-refractivity contribution in [2.24, 2.45) is 0 Å². The Bertz CT molecular complexity index is 911. The highest BCUT2D eigenvalue weighted by Crippen LogP contribution is 2.44. The summed E-state index contributed by atoms with van der Waals surface area (Å²) in [5, 5.41) is 0.665. The number of rotatable bonds is 7. The van der Waals surface area contributed by atoms with Crippen LogP contribution in [0.5, 0.6) is 17.2 Å². The molecule has 6 nitrogen and oxygen atoms in total. The molecule has 0 bridgehead atoms. The molecular formula is C22H26ClNO5S. The van der Waals surface area contributed by atoms with E-state index in [-0.39, 0.29) is 6.61 Å². The molecule has 2 aromatic rings. The fourth-order valence-corrected chi connectivity index (χ4v) is 5.07. The first-order chi connectivity index (χ1) is 14.4. The van der Waals surface area contributed by atoms with Gasteiger partial charge in [0, 0.05) is 15.7 Å². The van der Waals surface area contributed by atoms with Gasteiger partial charge in [0.15, 0.2) is 11.5 Å². The first-order valence-electron chi connectivity index (χ1n) is 9.43. The molecule has 2 aromatic carbocycles. The van der Waals surface area contributed by atoms with Crippen molar-refractivity contribution in [1.29, 1.82) is 0 Å². The Labute approximate surface area is 186 Å². The summed E-state index contributed by atoms with van der Waals surface area (Å²) in [6, 6.07) is 9.07. The van der Waals surface area contributed by atoms with E-state index < -0.39 is 11.5 Å². The second kappa shape index (κ2) is 9.37. The second-order valence-electron chi connectivity index (χ2n) is 7.16. The molecule has 3 rings (SSSR count). The largest absolute Gasteiger partial charge is 0.493 e. The number of carbonyl (C=O) groups is 1. The zero-order valence-corrected chi connectivity index (χ0v) is 19.4. The number of methoxy groups -OCH3 is 3. The van der Waals surface area contributed by atoms with Gasteiger partial charge in [-0.3, -0.25) is 4.90 Å². The minimum atomic E-state index is -0.461. The number of hydrogen-bond acceptors (Lipinski definition) is 7. The number of hydrogen-bond donors (Lipinski definition) is 0. The van der Waals surface area contributed by atoms with Gasteiger partial charge in [0.25, 0.3) is 0 Å². The Morgan fingerprint density at radius 2 is 1.77 bits per heavy atom. The first kappa shape index (κ1) is 22.6. The number of nitrogens with zero attached hydrogens (tertiary/aromatic N) is 1. The van der Waals surface area contributed by atoms with Gasteiger partial charge in [-0.05, 0) is 56.4 Å². The van der Waals surface area contributed by atoms with E-state index in [1.54, 1.807) is 23.9 Å². The lowest BCUT2D eigenvalue weighted by atomic mass is 9.86. The van der Waals surface area contributed by atoms with E-state index in [9.17, 15) is 4.79 Å². The predicted molar refractivity (Wildman–Crippen MR) is 119 cm³/mol. The van der Waals surface area contributed by atoms with Gasteiger partial charge >= 0.3 is 5.97 Å². The van der Waals surface area contributed by atoms with Crippen molar-refractivity contribution in [3.05, 3.63) is 46.5 Å². The number of likely N-dealkylation sites (N-methyl/N-ethyl adjacent to an activating group) is 1. The molecule has 0 aromatic heterocycles. The van der Waals surface area contributed by atoms with E-state index in [4.69, 9.17) is 30.5 Å². The fraction of sp³-hybridized carbons (Fsp3) is 0.409. The normalized spacial score (nSPS) is 18.0. The lowest BCUT2D eigenvalue weighted by molar-refractivity contribution is 0.0108. The molecule has 0 N–H and O–H groups in total. The summed E-state index contributed by atoms with van der Waals surface area (Å²) in [5.74, 6) is 1.69. The van der Waals surface area contributed by atoms with Gasteiger partial charge in [0.2, 0.25) is 5.75 Å². The van der Waals surface area contributed by atoms with Crippen molar-refractivity contribution < 1.29 is 23.7 Å². The number of thioether (sulfide) groups is 1. The number of esters is 1. The van der Waals surface area contributed by atoms with Crippen molar-refractivity contribution in [1.82, 2.24) is 4.90 Å². The molecule has 0 aliphatic carbocycles. The highest BCUT2D eigenvalue weighted by atomic mass is 35.5. The van der Waals surface area contributed by atoms with Crippen LogP contribution in [0.4, 0.5) is 0 Å². The van der Waals surface area contributed by atoms with E-state index in [1.807, 2.05) is 32.3 Å². The van der Waals surface area contributed by atoms with Crippen LogP contribution >= 0.6 is 23.4 Å². The molecule has 1 aliphatic heterocycles. The molecule has 0 saturated heterocycles. The van der Waals surface area contributed by atoms with Gasteiger partial charge in [-0.25, -0.2) is 4.79 Å². The summed E-state index contributed by atoms with van der Waals surface area (Å²) in [6.45, 7) is 0.198. The summed E-state index contributed by atoms with van der Waals surface area (Å²) < 4.78 is 21.8. The van der Waals surface area contributed by atoms with Gasteiger partial charge in [-0.2, -0.15) is 0 Å². The summed E-state index contributed by atoms with van der Waals surface area (Å²) in [4.78, 5) is 16.2. The average molecular weight is 452 g/mol.